The number of rotatable bonds is 8. The Morgan fingerprint density at radius 3 is 2.65 bits per heavy atom. The molecule has 126 valence electrons. The van der Waals surface area contributed by atoms with E-state index in [0.717, 1.165) is 22.7 Å². The molecule has 6 heteroatoms. The average molecular weight is 335 g/mol. The van der Waals surface area contributed by atoms with Gasteiger partial charge in [-0.05, 0) is 31.9 Å². The van der Waals surface area contributed by atoms with E-state index in [1.165, 1.54) is 11.8 Å². The summed E-state index contributed by atoms with van der Waals surface area (Å²) in [6.07, 6.45) is 1.26. The molecule has 0 aliphatic carbocycles. The third kappa shape index (κ3) is 4.26. The van der Waals surface area contributed by atoms with Crippen LogP contribution in [0.15, 0.2) is 29.4 Å². The standard InChI is InChI=1S/C17H25N3O2S/c1-4-17(22,5-2)12-18-15(21)11-23-16-19-13-9-7-8-10-14(13)20(16)6-3/h7-10,22H,4-6,11-12H2,1-3H3,(H,18,21). The number of para-hydroxylation sites is 2. The Labute approximate surface area is 141 Å². The molecule has 1 aromatic heterocycles. The number of hydrogen-bond donors (Lipinski definition) is 2. The number of amides is 1. The molecule has 2 rings (SSSR count). The number of nitrogens with zero attached hydrogens (tertiary/aromatic N) is 2. The molecule has 2 aromatic rings. The highest BCUT2D eigenvalue weighted by molar-refractivity contribution is 7.99. The fourth-order valence-corrected chi connectivity index (χ4v) is 3.32. The lowest BCUT2D eigenvalue weighted by Crippen LogP contribution is -2.42. The molecule has 1 amide bonds. The molecule has 0 aliphatic rings. The quantitative estimate of drug-likeness (QED) is 0.728. The molecular weight excluding hydrogens is 310 g/mol. The molecule has 0 saturated heterocycles. The molecule has 0 spiro atoms. The molecule has 0 unspecified atom stereocenters. The minimum atomic E-state index is -0.809. The van der Waals surface area contributed by atoms with Gasteiger partial charge < -0.3 is 15.0 Å². The Morgan fingerprint density at radius 1 is 1.30 bits per heavy atom. The van der Waals surface area contributed by atoms with Gasteiger partial charge in [-0.1, -0.05) is 37.7 Å². The summed E-state index contributed by atoms with van der Waals surface area (Å²) in [7, 11) is 0. The predicted octanol–water partition coefficient (Wildman–Crippen LogP) is 2.82. The second kappa shape index (κ2) is 7.84. The van der Waals surface area contributed by atoms with Crippen molar-refractivity contribution in [3.8, 4) is 0 Å². The first kappa shape index (κ1) is 17.8. The molecule has 0 bridgehead atoms. The van der Waals surface area contributed by atoms with Crippen molar-refractivity contribution < 1.29 is 9.90 Å². The molecule has 0 atom stereocenters. The van der Waals surface area contributed by atoms with Gasteiger partial charge in [-0.2, -0.15) is 0 Å². The van der Waals surface area contributed by atoms with Gasteiger partial charge in [0.25, 0.3) is 0 Å². The van der Waals surface area contributed by atoms with Crippen LogP contribution < -0.4 is 5.32 Å². The van der Waals surface area contributed by atoms with Crippen LogP contribution in [-0.2, 0) is 11.3 Å². The van der Waals surface area contributed by atoms with Gasteiger partial charge in [-0.3, -0.25) is 4.79 Å². The maximum atomic E-state index is 12.0. The SMILES string of the molecule is CCn1c(SCC(=O)NCC(O)(CC)CC)nc2ccccc21. The molecule has 2 N–H and O–H groups in total. The Hall–Kier alpha value is -1.53. The highest BCUT2D eigenvalue weighted by Gasteiger charge is 2.22. The van der Waals surface area contributed by atoms with Crippen molar-refractivity contribution in [3.63, 3.8) is 0 Å². The zero-order valence-electron chi connectivity index (χ0n) is 14.0. The van der Waals surface area contributed by atoms with Gasteiger partial charge in [0.05, 0.1) is 22.4 Å². The number of hydrogen-bond acceptors (Lipinski definition) is 4. The molecule has 0 radical (unpaired) electrons. The van der Waals surface area contributed by atoms with Crippen molar-refractivity contribution in [3.05, 3.63) is 24.3 Å². The number of fused-ring (bicyclic) bond motifs is 1. The summed E-state index contributed by atoms with van der Waals surface area (Å²) in [5.74, 6) is 0.220. The second-order valence-electron chi connectivity index (χ2n) is 5.62. The number of nitrogens with one attached hydrogen (secondary N) is 1. The van der Waals surface area contributed by atoms with Crippen LogP contribution in [0.1, 0.15) is 33.6 Å². The van der Waals surface area contributed by atoms with Crippen molar-refractivity contribution in [2.24, 2.45) is 0 Å². The summed E-state index contributed by atoms with van der Waals surface area (Å²) in [5, 5.41) is 13.9. The summed E-state index contributed by atoms with van der Waals surface area (Å²) in [6.45, 7) is 7.03. The van der Waals surface area contributed by atoms with Gasteiger partial charge >= 0.3 is 0 Å². The number of aliphatic hydroxyl groups is 1. The van der Waals surface area contributed by atoms with E-state index in [0.29, 0.717) is 25.1 Å². The van der Waals surface area contributed by atoms with Crippen LogP contribution in [0.5, 0.6) is 0 Å². The monoisotopic (exact) mass is 335 g/mol. The molecule has 0 saturated carbocycles. The van der Waals surface area contributed by atoms with Crippen molar-refractivity contribution >= 4 is 28.7 Å². The molecule has 1 heterocycles. The fourth-order valence-electron chi connectivity index (χ4n) is 2.41. The number of aryl methyl sites for hydroxylation is 1. The minimum absolute atomic E-state index is 0.0787. The molecule has 23 heavy (non-hydrogen) atoms. The Balaban J connectivity index is 1.97. The van der Waals surface area contributed by atoms with Crippen LogP contribution in [0.2, 0.25) is 0 Å². The average Bonchev–Trinajstić information content (AvgIpc) is 2.95. The van der Waals surface area contributed by atoms with Crippen LogP contribution in [-0.4, -0.2) is 38.5 Å². The number of imidazole rings is 1. The summed E-state index contributed by atoms with van der Waals surface area (Å²) in [4.78, 5) is 16.6. The van der Waals surface area contributed by atoms with Gasteiger partial charge in [0.1, 0.15) is 0 Å². The van der Waals surface area contributed by atoms with Crippen LogP contribution in [0.4, 0.5) is 0 Å². The first-order chi connectivity index (χ1) is 11.0. The lowest BCUT2D eigenvalue weighted by Gasteiger charge is -2.25. The maximum Gasteiger partial charge on any atom is 0.230 e. The van der Waals surface area contributed by atoms with Crippen molar-refractivity contribution in [1.29, 1.82) is 0 Å². The maximum absolute atomic E-state index is 12.0. The number of carbonyl (C=O) groups is 1. The highest BCUT2D eigenvalue weighted by atomic mass is 32.2. The Bertz CT molecular complexity index is 665. The zero-order chi connectivity index (χ0) is 16.9. The number of aromatic nitrogens is 2. The molecule has 0 aliphatic heterocycles. The van der Waals surface area contributed by atoms with E-state index in [4.69, 9.17) is 0 Å². The van der Waals surface area contributed by atoms with E-state index in [9.17, 15) is 9.90 Å². The molecular formula is C17H25N3O2S. The topological polar surface area (TPSA) is 67.2 Å². The fraction of sp³-hybridized carbons (Fsp3) is 0.529. The predicted molar refractivity (Wildman–Crippen MR) is 94.7 cm³/mol. The van der Waals surface area contributed by atoms with Crippen molar-refractivity contribution in [1.82, 2.24) is 14.9 Å². The van der Waals surface area contributed by atoms with E-state index in [1.54, 1.807) is 0 Å². The second-order valence-corrected chi connectivity index (χ2v) is 6.57. The van der Waals surface area contributed by atoms with E-state index >= 15 is 0 Å². The van der Waals surface area contributed by atoms with Crippen LogP contribution in [0, 0.1) is 0 Å². The Morgan fingerprint density at radius 2 is 2.00 bits per heavy atom. The summed E-state index contributed by atoms with van der Waals surface area (Å²) in [5.41, 5.74) is 1.23. The largest absolute Gasteiger partial charge is 0.388 e. The lowest BCUT2D eigenvalue weighted by atomic mass is 9.98. The van der Waals surface area contributed by atoms with Gasteiger partial charge in [-0.25, -0.2) is 4.98 Å². The normalized spacial score (nSPS) is 11.8. The number of benzene rings is 1. The third-order valence-corrected chi connectivity index (χ3v) is 5.18. The summed E-state index contributed by atoms with van der Waals surface area (Å²) < 4.78 is 2.11. The Kier molecular flexibility index (Phi) is 6.07. The van der Waals surface area contributed by atoms with E-state index in [2.05, 4.69) is 21.8 Å². The van der Waals surface area contributed by atoms with E-state index in [1.807, 2.05) is 38.1 Å². The molecule has 5 nitrogen and oxygen atoms in total. The van der Waals surface area contributed by atoms with Gasteiger partial charge in [0.15, 0.2) is 5.16 Å². The lowest BCUT2D eigenvalue weighted by molar-refractivity contribution is -0.119. The van der Waals surface area contributed by atoms with Crippen molar-refractivity contribution in [2.45, 2.75) is 50.9 Å². The summed E-state index contributed by atoms with van der Waals surface area (Å²) >= 11 is 1.43. The van der Waals surface area contributed by atoms with Gasteiger partial charge in [0.2, 0.25) is 5.91 Å². The first-order valence-electron chi connectivity index (χ1n) is 8.10. The minimum Gasteiger partial charge on any atom is -0.388 e. The van der Waals surface area contributed by atoms with E-state index in [-0.39, 0.29) is 5.91 Å². The third-order valence-electron chi connectivity index (χ3n) is 4.20. The van der Waals surface area contributed by atoms with Gasteiger partial charge in [-0.15, -0.1) is 0 Å². The highest BCUT2D eigenvalue weighted by Crippen LogP contribution is 2.23. The molecule has 1 aromatic carbocycles. The van der Waals surface area contributed by atoms with Crippen LogP contribution in [0.3, 0.4) is 0 Å². The molecule has 0 fully saturated rings. The van der Waals surface area contributed by atoms with Crippen LogP contribution >= 0.6 is 11.8 Å². The zero-order valence-corrected chi connectivity index (χ0v) is 14.8. The van der Waals surface area contributed by atoms with Gasteiger partial charge in [0, 0.05) is 13.1 Å². The number of carbonyl (C=O) groups excluding carboxylic acids is 1. The number of thioether (sulfide) groups is 1. The first-order valence-corrected chi connectivity index (χ1v) is 9.08. The smallest absolute Gasteiger partial charge is 0.230 e. The summed E-state index contributed by atoms with van der Waals surface area (Å²) in [6, 6.07) is 7.98. The van der Waals surface area contributed by atoms with Crippen LogP contribution in [0.25, 0.3) is 11.0 Å². The van der Waals surface area contributed by atoms with Crippen molar-refractivity contribution in [2.75, 3.05) is 12.3 Å². The van der Waals surface area contributed by atoms with E-state index < -0.39 is 5.60 Å².